The van der Waals surface area contributed by atoms with Gasteiger partial charge in [0.1, 0.15) is 0 Å². The Morgan fingerprint density at radius 1 is 1.38 bits per heavy atom. The minimum Gasteiger partial charge on any atom is -0.381 e. The van der Waals surface area contributed by atoms with Crippen LogP contribution in [0.4, 0.5) is 0 Å². The van der Waals surface area contributed by atoms with Crippen molar-refractivity contribution < 1.29 is 17.9 Å². The summed E-state index contributed by atoms with van der Waals surface area (Å²) >= 11 is 3.26. The maximum Gasteiger partial charge on any atom is 0.252 e. The van der Waals surface area contributed by atoms with Gasteiger partial charge in [-0.05, 0) is 53.9 Å². The molecule has 1 saturated heterocycles. The zero-order chi connectivity index (χ0) is 15.7. The van der Waals surface area contributed by atoms with E-state index in [2.05, 4.69) is 21.2 Å². The van der Waals surface area contributed by atoms with E-state index in [0.717, 1.165) is 0 Å². The lowest BCUT2D eigenvalue weighted by Gasteiger charge is -2.34. The molecule has 0 aliphatic carbocycles. The predicted molar refractivity (Wildman–Crippen MR) is 81.4 cm³/mol. The number of amides is 1. The number of carbonyl (C=O) groups is 1. The number of nitrogens with two attached hydrogens (primary N) is 1. The third kappa shape index (κ3) is 4.03. The van der Waals surface area contributed by atoms with E-state index in [1.54, 1.807) is 0 Å². The molecule has 0 aromatic heterocycles. The van der Waals surface area contributed by atoms with Gasteiger partial charge in [-0.2, -0.15) is 0 Å². The SMILES string of the molecule is CC1(NC(=O)c2cc(S(N)(=O)=O)ccc2Br)CCOCC1. The third-order valence-corrected chi connectivity index (χ3v) is 5.13. The van der Waals surface area contributed by atoms with Crippen molar-refractivity contribution in [2.24, 2.45) is 5.14 Å². The quantitative estimate of drug-likeness (QED) is 0.832. The van der Waals surface area contributed by atoms with Gasteiger partial charge in [-0.1, -0.05) is 0 Å². The summed E-state index contributed by atoms with van der Waals surface area (Å²) in [5.41, 5.74) is -0.110. The van der Waals surface area contributed by atoms with Gasteiger partial charge < -0.3 is 10.1 Å². The van der Waals surface area contributed by atoms with Crippen molar-refractivity contribution in [2.75, 3.05) is 13.2 Å². The van der Waals surface area contributed by atoms with Crippen LogP contribution in [-0.2, 0) is 14.8 Å². The number of rotatable bonds is 3. The lowest BCUT2D eigenvalue weighted by molar-refractivity contribution is 0.0422. The van der Waals surface area contributed by atoms with Gasteiger partial charge in [0.2, 0.25) is 10.0 Å². The van der Waals surface area contributed by atoms with Gasteiger partial charge in [0.05, 0.1) is 10.5 Å². The fourth-order valence-corrected chi connectivity index (χ4v) is 3.11. The number of halogens is 1. The Morgan fingerprint density at radius 3 is 2.57 bits per heavy atom. The molecule has 0 bridgehead atoms. The maximum atomic E-state index is 12.4. The first kappa shape index (κ1) is 16.4. The molecule has 1 aromatic rings. The van der Waals surface area contributed by atoms with E-state index in [4.69, 9.17) is 9.88 Å². The molecule has 1 heterocycles. The standard InChI is InChI=1S/C13H17BrN2O4S/c1-13(4-6-20-7-5-13)16-12(17)10-8-9(21(15,18)19)2-3-11(10)14/h2-3,8H,4-7H2,1H3,(H,16,17)(H2,15,18,19). The molecule has 0 unspecified atom stereocenters. The minimum atomic E-state index is -3.84. The summed E-state index contributed by atoms with van der Waals surface area (Å²) in [5, 5.41) is 8.04. The Bertz CT molecular complexity index is 654. The first-order valence-corrected chi connectivity index (χ1v) is 8.78. The van der Waals surface area contributed by atoms with Crippen LogP contribution in [0.5, 0.6) is 0 Å². The molecule has 1 aliphatic rings. The molecular weight excluding hydrogens is 360 g/mol. The van der Waals surface area contributed by atoms with Crippen molar-refractivity contribution in [3.05, 3.63) is 28.2 Å². The second-order valence-corrected chi connectivity index (χ2v) is 7.73. The number of hydrogen-bond acceptors (Lipinski definition) is 4. The summed E-state index contributed by atoms with van der Waals surface area (Å²) in [6.45, 7) is 3.13. The smallest absolute Gasteiger partial charge is 0.252 e. The Balaban J connectivity index is 2.26. The molecular formula is C13H17BrN2O4S. The van der Waals surface area contributed by atoms with Crippen LogP contribution < -0.4 is 10.5 Å². The molecule has 0 saturated carbocycles. The number of hydrogen-bond donors (Lipinski definition) is 2. The monoisotopic (exact) mass is 376 g/mol. The van der Waals surface area contributed by atoms with Gasteiger partial charge in [0, 0.05) is 23.2 Å². The van der Waals surface area contributed by atoms with E-state index < -0.39 is 10.0 Å². The van der Waals surface area contributed by atoms with Crippen molar-refractivity contribution in [2.45, 2.75) is 30.2 Å². The first-order chi connectivity index (χ1) is 9.71. The summed E-state index contributed by atoms with van der Waals surface area (Å²) in [4.78, 5) is 12.3. The zero-order valence-electron chi connectivity index (χ0n) is 11.6. The molecule has 3 N–H and O–H groups in total. The van der Waals surface area contributed by atoms with E-state index >= 15 is 0 Å². The van der Waals surface area contributed by atoms with Gasteiger partial charge in [-0.15, -0.1) is 0 Å². The van der Waals surface area contributed by atoms with Crippen molar-refractivity contribution in [1.29, 1.82) is 0 Å². The van der Waals surface area contributed by atoms with Gasteiger partial charge in [-0.25, -0.2) is 13.6 Å². The molecule has 1 aromatic carbocycles. The van der Waals surface area contributed by atoms with E-state index in [-0.39, 0.29) is 21.9 Å². The van der Waals surface area contributed by atoms with Gasteiger partial charge in [0.15, 0.2) is 0 Å². The number of sulfonamides is 1. The molecule has 116 valence electrons. The second kappa shape index (κ2) is 6.04. The number of primary sulfonamides is 1. The molecule has 1 amide bonds. The van der Waals surface area contributed by atoms with Crippen LogP contribution in [0, 0.1) is 0 Å². The molecule has 21 heavy (non-hydrogen) atoms. The summed E-state index contributed by atoms with van der Waals surface area (Å²) in [7, 11) is -3.84. The molecule has 0 spiro atoms. The zero-order valence-corrected chi connectivity index (χ0v) is 14.0. The number of ether oxygens (including phenoxy) is 1. The molecule has 1 fully saturated rings. The first-order valence-electron chi connectivity index (χ1n) is 6.44. The van der Waals surface area contributed by atoms with E-state index in [0.29, 0.717) is 30.5 Å². The highest BCUT2D eigenvalue weighted by atomic mass is 79.9. The largest absolute Gasteiger partial charge is 0.381 e. The Labute approximate surface area is 132 Å². The summed E-state index contributed by atoms with van der Waals surface area (Å²) < 4.78 is 28.6. The molecule has 8 heteroatoms. The van der Waals surface area contributed by atoms with Crippen LogP contribution in [0.15, 0.2) is 27.6 Å². The van der Waals surface area contributed by atoms with Crippen LogP contribution in [-0.4, -0.2) is 33.1 Å². The topological polar surface area (TPSA) is 98.5 Å². The fraction of sp³-hybridized carbons (Fsp3) is 0.462. The van der Waals surface area contributed by atoms with Crippen LogP contribution in [0.25, 0.3) is 0 Å². The highest BCUT2D eigenvalue weighted by Crippen LogP contribution is 2.24. The van der Waals surface area contributed by atoms with Crippen molar-refractivity contribution in [1.82, 2.24) is 5.32 Å². The average molecular weight is 377 g/mol. The van der Waals surface area contributed by atoms with Crippen molar-refractivity contribution >= 4 is 31.9 Å². The highest BCUT2D eigenvalue weighted by Gasteiger charge is 2.30. The highest BCUT2D eigenvalue weighted by molar-refractivity contribution is 9.10. The van der Waals surface area contributed by atoms with Crippen LogP contribution in [0.1, 0.15) is 30.1 Å². The number of nitrogens with one attached hydrogen (secondary N) is 1. The second-order valence-electron chi connectivity index (χ2n) is 5.31. The summed E-state index contributed by atoms with van der Waals surface area (Å²) in [5.74, 6) is -0.336. The van der Waals surface area contributed by atoms with Crippen molar-refractivity contribution in [3.63, 3.8) is 0 Å². The van der Waals surface area contributed by atoms with E-state index in [9.17, 15) is 13.2 Å². The molecule has 0 atom stereocenters. The lowest BCUT2D eigenvalue weighted by Crippen LogP contribution is -2.49. The molecule has 2 rings (SSSR count). The Hall–Kier alpha value is -0.960. The summed E-state index contributed by atoms with van der Waals surface area (Å²) in [6, 6.07) is 4.13. The van der Waals surface area contributed by atoms with E-state index in [1.807, 2.05) is 6.92 Å². The molecule has 1 aliphatic heterocycles. The lowest BCUT2D eigenvalue weighted by atomic mass is 9.92. The number of carbonyl (C=O) groups excluding carboxylic acids is 1. The molecule has 0 radical (unpaired) electrons. The van der Waals surface area contributed by atoms with Crippen LogP contribution in [0.2, 0.25) is 0 Å². The predicted octanol–water partition coefficient (Wildman–Crippen LogP) is 1.40. The Morgan fingerprint density at radius 2 is 2.00 bits per heavy atom. The van der Waals surface area contributed by atoms with Gasteiger partial charge in [-0.3, -0.25) is 4.79 Å². The number of benzene rings is 1. The van der Waals surface area contributed by atoms with Crippen LogP contribution in [0.3, 0.4) is 0 Å². The normalized spacial score (nSPS) is 18.2. The maximum absolute atomic E-state index is 12.4. The fourth-order valence-electron chi connectivity index (χ4n) is 2.14. The Kier molecular flexibility index (Phi) is 4.72. The van der Waals surface area contributed by atoms with Gasteiger partial charge >= 0.3 is 0 Å². The minimum absolute atomic E-state index is 0.0898. The summed E-state index contributed by atoms with van der Waals surface area (Å²) in [6.07, 6.45) is 1.43. The van der Waals surface area contributed by atoms with E-state index in [1.165, 1.54) is 18.2 Å². The molecule has 6 nitrogen and oxygen atoms in total. The third-order valence-electron chi connectivity index (χ3n) is 3.52. The average Bonchev–Trinajstić information content (AvgIpc) is 2.38. The van der Waals surface area contributed by atoms with Crippen molar-refractivity contribution in [3.8, 4) is 0 Å². The van der Waals surface area contributed by atoms with Gasteiger partial charge in [0.25, 0.3) is 5.91 Å². The van der Waals surface area contributed by atoms with Crippen LogP contribution >= 0.6 is 15.9 Å².